The second kappa shape index (κ2) is 7.96. The van der Waals surface area contributed by atoms with E-state index >= 15 is 0 Å². The molecule has 0 spiro atoms. The third-order valence-corrected chi connectivity index (χ3v) is 7.44. The van der Waals surface area contributed by atoms with Crippen LogP contribution in [0.3, 0.4) is 0 Å². The zero-order valence-corrected chi connectivity index (χ0v) is 18.1. The molecule has 1 saturated heterocycles. The average molecular weight is 423 g/mol. The second-order valence-corrected chi connectivity index (χ2v) is 9.23. The molecule has 0 radical (unpaired) electrons. The maximum absolute atomic E-state index is 13.3. The standard InChI is InChI=1S/C23H26N4O2S/c1-16-19-21(24-18-9-5-6-10-27(18)22(19)28)30-20(16)23(29)26-13-11-25(12-14-26)15-17-7-3-2-4-8-17/h2-4,7-8H,5-6,9-15H2,1H3. The Morgan fingerprint density at radius 3 is 2.60 bits per heavy atom. The summed E-state index contributed by atoms with van der Waals surface area (Å²) in [6.07, 6.45) is 2.93. The van der Waals surface area contributed by atoms with Crippen molar-refractivity contribution in [2.75, 3.05) is 26.2 Å². The molecule has 0 aliphatic carbocycles. The number of carbonyl (C=O) groups is 1. The lowest BCUT2D eigenvalue weighted by Crippen LogP contribution is -2.48. The van der Waals surface area contributed by atoms with Gasteiger partial charge in [-0.15, -0.1) is 11.3 Å². The van der Waals surface area contributed by atoms with E-state index in [-0.39, 0.29) is 11.5 Å². The van der Waals surface area contributed by atoms with Crippen LogP contribution in [0.5, 0.6) is 0 Å². The minimum Gasteiger partial charge on any atom is -0.335 e. The van der Waals surface area contributed by atoms with E-state index in [1.54, 1.807) is 0 Å². The number of aromatic nitrogens is 2. The third-order valence-electron chi connectivity index (χ3n) is 6.26. The highest BCUT2D eigenvalue weighted by Crippen LogP contribution is 2.30. The van der Waals surface area contributed by atoms with E-state index < -0.39 is 0 Å². The minimum absolute atomic E-state index is 0.0233. The van der Waals surface area contributed by atoms with Gasteiger partial charge in [0, 0.05) is 45.7 Å². The maximum atomic E-state index is 13.3. The molecule has 6 nitrogen and oxygen atoms in total. The molecule has 7 heteroatoms. The molecule has 2 aliphatic heterocycles. The topological polar surface area (TPSA) is 58.4 Å². The van der Waals surface area contributed by atoms with Crippen molar-refractivity contribution in [2.24, 2.45) is 0 Å². The summed E-state index contributed by atoms with van der Waals surface area (Å²) in [5.74, 6) is 0.908. The highest BCUT2D eigenvalue weighted by Gasteiger charge is 2.27. The summed E-state index contributed by atoms with van der Waals surface area (Å²) in [6.45, 7) is 6.69. The van der Waals surface area contributed by atoms with Gasteiger partial charge in [0.1, 0.15) is 10.7 Å². The predicted octanol–water partition coefficient (Wildman–Crippen LogP) is 3.06. The molecule has 0 atom stereocenters. The van der Waals surface area contributed by atoms with E-state index in [1.807, 2.05) is 22.5 Å². The molecule has 3 aromatic rings. The van der Waals surface area contributed by atoms with E-state index in [1.165, 1.54) is 16.9 Å². The van der Waals surface area contributed by atoms with Gasteiger partial charge in [0.05, 0.1) is 10.3 Å². The van der Waals surface area contributed by atoms with Crippen molar-refractivity contribution in [3.05, 3.63) is 62.5 Å². The van der Waals surface area contributed by atoms with Crippen LogP contribution in [0.4, 0.5) is 0 Å². The Morgan fingerprint density at radius 2 is 1.83 bits per heavy atom. The number of rotatable bonds is 3. The van der Waals surface area contributed by atoms with Gasteiger partial charge in [0.2, 0.25) is 0 Å². The van der Waals surface area contributed by atoms with Crippen molar-refractivity contribution in [1.29, 1.82) is 0 Å². The number of nitrogens with zero attached hydrogens (tertiary/aromatic N) is 4. The van der Waals surface area contributed by atoms with Gasteiger partial charge in [-0.2, -0.15) is 0 Å². The fourth-order valence-corrected chi connectivity index (χ4v) is 5.69. The van der Waals surface area contributed by atoms with E-state index in [2.05, 4.69) is 29.2 Å². The third kappa shape index (κ3) is 3.46. The summed E-state index contributed by atoms with van der Waals surface area (Å²) in [4.78, 5) is 36.7. The molecule has 0 N–H and O–H groups in total. The lowest BCUT2D eigenvalue weighted by Gasteiger charge is -2.34. The molecule has 0 bridgehead atoms. The molecule has 1 amide bonds. The number of carbonyl (C=O) groups excluding carboxylic acids is 1. The normalized spacial score (nSPS) is 17.3. The molecule has 0 saturated carbocycles. The monoisotopic (exact) mass is 422 g/mol. The van der Waals surface area contributed by atoms with Crippen molar-refractivity contribution in [2.45, 2.75) is 39.3 Å². The van der Waals surface area contributed by atoms with Crippen LogP contribution in [0.25, 0.3) is 10.2 Å². The summed E-state index contributed by atoms with van der Waals surface area (Å²) < 4.78 is 1.81. The first-order valence-electron chi connectivity index (χ1n) is 10.7. The Labute approximate surface area is 179 Å². The smallest absolute Gasteiger partial charge is 0.264 e. The number of piperazine rings is 1. The number of hydrogen-bond acceptors (Lipinski definition) is 5. The van der Waals surface area contributed by atoms with Crippen LogP contribution in [0.2, 0.25) is 0 Å². The Hall–Kier alpha value is -2.51. The second-order valence-electron chi connectivity index (χ2n) is 8.23. The van der Waals surface area contributed by atoms with Gasteiger partial charge >= 0.3 is 0 Å². The van der Waals surface area contributed by atoms with Gasteiger partial charge in [0.15, 0.2) is 0 Å². The molecule has 1 aromatic carbocycles. The van der Waals surface area contributed by atoms with Crippen LogP contribution in [-0.2, 0) is 19.5 Å². The molecule has 2 aromatic heterocycles. The van der Waals surface area contributed by atoms with Crippen LogP contribution < -0.4 is 5.56 Å². The SMILES string of the molecule is Cc1c(C(=O)N2CCN(Cc3ccccc3)CC2)sc2nc3n(c(=O)c12)CCCC3. The average Bonchev–Trinajstić information content (AvgIpc) is 3.11. The lowest BCUT2D eigenvalue weighted by molar-refractivity contribution is 0.0632. The van der Waals surface area contributed by atoms with Crippen molar-refractivity contribution < 1.29 is 4.79 Å². The number of hydrogen-bond donors (Lipinski definition) is 0. The molecular formula is C23H26N4O2S. The summed E-state index contributed by atoms with van der Waals surface area (Å²) in [7, 11) is 0. The minimum atomic E-state index is 0.0233. The van der Waals surface area contributed by atoms with Crippen LogP contribution in [0.15, 0.2) is 35.1 Å². The van der Waals surface area contributed by atoms with E-state index in [0.717, 1.165) is 61.7 Å². The van der Waals surface area contributed by atoms with Gasteiger partial charge in [-0.1, -0.05) is 30.3 Å². The quantitative estimate of drug-likeness (QED) is 0.651. The van der Waals surface area contributed by atoms with Gasteiger partial charge in [-0.3, -0.25) is 19.1 Å². The summed E-state index contributed by atoms with van der Waals surface area (Å²) in [5.41, 5.74) is 2.12. The van der Waals surface area contributed by atoms with Crippen molar-refractivity contribution in [1.82, 2.24) is 19.4 Å². The molecule has 5 rings (SSSR count). The van der Waals surface area contributed by atoms with E-state index in [0.29, 0.717) is 23.4 Å². The Bertz CT molecular complexity index is 1140. The lowest BCUT2D eigenvalue weighted by atomic mass is 10.1. The van der Waals surface area contributed by atoms with Crippen LogP contribution in [0.1, 0.15) is 39.5 Å². The first-order valence-corrected chi connectivity index (χ1v) is 11.5. The number of aryl methyl sites for hydroxylation is 2. The van der Waals surface area contributed by atoms with E-state index in [9.17, 15) is 9.59 Å². The van der Waals surface area contributed by atoms with Gasteiger partial charge in [0.25, 0.3) is 11.5 Å². The van der Waals surface area contributed by atoms with Crippen LogP contribution in [0, 0.1) is 6.92 Å². The van der Waals surface area contributed by atoms with Gasteiger partial charge < -0.3 is 4.90 Å². The highest BCUT2D eigenvalue weighted by molar-refractivity contribution is 7.20. The number of fused-ring (bicyclic) bond motifs is 2. The highest BCUT2D eigenvalue weighted by atomic mass is 32.1. The van der Waals surface area contributed by atoms with Crippen LogP contribution >= 0.6 is 11.3 Å². The summed E-state index contributed by atoms with van der Waals surface area (Å²) >= 11 is 1.39. The summed E-state index contributed by atoms with van der Waals surface area (Å²) in [5, 5.41) is 0.636. The van der Waals surface area contributed by atoms with E-state index in [4.69, 9.17) is 4.98 Å². The van der Waals surface area contributed by atoms with Gasteiger partial charge in [-0.25, -0.2) is 4.98 Å². The molecule has 2 aliphatic rings. The number of benzene rings is 1. The largest absolute Gasteiger partial charge is 0.335 e. The zero-order valence-electron chi connectivity index (χ0n) is 17.3. The Morgan fingerprint density at radius 1 is 1.07 bits per heavy atom. The maximum Gasteiger partial charge on any atom is 0.264 e. The van der Waals surface area contributed by atoms with Crippen LogP contribution in [-0.4, -0.2) is 51.4 Å². The summed E-state index contributed by atoms with van der Waals surface area (Å²) in [6, 6.07) is 10.4. The Balaban J connectivity index is 1.35. The molecule has 156 valence electrons. The first-order chi connectivity index (χ1) is 14.6. The molecule has 0 unspecified atom stereocenters. The van der Waals surface area contributed by atoms with Crippen molar-refractivity contribution >= 4 is 27.5 Å². The fourth-order valence-electron chi connectivity index (χ4n) is 4.53. The number of thiophene rings is 1. The zero-order chi connectivity index (χ0) is 20.7. The predicted molar refractivity (Wildman–Crippen MR) is 119 cm³/mol. The van der Waals surface area contributed by atoms with Gasteiger partial charge in [-0.05, 0) is 30.9 Å². The molecule has 30 heavy (non-hydrogen) atoms. The number of amides is 1. The molecule has 1 fully saturated rings. The van der Waals surface area contributed by atoms with Crippen molar-refractivity contribution in [3.63, 3.8) is 0 Å². The fraction of sp³-hybridized carbons (Fsp3) is 0.435. The molecule has 4 heterocycles. The van der Waals surface area contributed by atoms with Crippen molar-refractivity contribution in [3.8, 4) is 0 Å². The Kier molecular flexibility index (Phi) is 5.16. The first kappa shape index (κ1) is 19.5. The molecular weight excluding hydrogens is 396 g/mol.